The Bertz CT molecular complexity index is 1610. The van der Waals surface area contributed by atoms with Gasteiger partial charge in [0.25, 0.3) is 5.91 Å². The minimum absolute atomic E-state index is 0.0914. The number of nitrogens with zero attached hydrogens (tertiary/aromatic N) is 3. The number of hydrogen-bond donors (Lipinski definition) is 1. The third-order valence-electron chi connectivity index (χ3n) is 7.22. The van der Waals surface area contributed by atoms with Gasteiger partial charge in [-0.1, -0.05) is 24.3 Å². The summed E-state index contributed by atoms with van der Waals surface area (Å²) in [6.07, 6.45) is 0.621. The molecule has 0 bridgehead atoms. The molecule has 0 aliphatic carbocycles. The molecular weight excluding hydrogens is 535 g/mol. The second-order valence-electron chi connectivity index (χ2n) is 9.83. The van der Waals surface area contributed by atoms with Crippen molar-refractivity contribution in [3.8, 4) is 5.75 Å². The monoisotopic (exact) mass is 559 g/mol. The molecule has 3 aliphatic heterocycles. The standard InChI is InChI=1S/C26H24F2N3O5PS/c1-37(2,35)18-11-30-23(25(33)24(18)32)26(34)29-9-10-36-12-20(29)31(30)22-14-7-8-17(27)21(28)16(14)13-38-19-6-4-3-5-15(19)22/h3-8,11,20,22,33H,9-10,12-13H2,1-2H3/t20-,22?/m1/s1. The summed E-state index contributed by atoms with van der Waals surface area (Å²) >= 11 is 1.37. The number of fused-ring (bicyclic) bond motifs is 4. The van der Waals surface area contributed by atoms with Crippen LogP contribution in [0, 0.1) is 11.6 Å². The van der Waals surface area contributed by atoms with Crippen LogP contribution in [0.15, 0.2) is 52.3 Å². The first-order chi connectivity index (χ1) is 18.1. The van der Waals surface area contributed by atoms with E-state index in [1.54, 1.807) is 5.01 Å². The highest BCUT2D eigenvalue weighted by Crippen LogP contribution is 2.45. The summed E-state index contributed by atoms with van der Waals surface area (Å²) in [5.41, 5.74) is 0.283. The highest BCUT2D eigenvalue weighted by Gasteiger charge is 2.47. The van der Waals surface area contributed by atoms with Crippen molar-refractivity contribution in [1.29, 1.82) is 0 Å². The molecule has 6 rings (SSSR count). The van der Waals surface area contributed by atoms with Gasteiger partial charge in [-0.25, -0.2) is 8.78 Å². The van der Waals surface area contributed by atoms with Crippen LogP contribution in [0.2, 0.25) is 0 Å². The first-order valence-corrected chi connectivity index (χ1v) is 15.6. The lowest BCUT2D eigenvalue weighted by atomic mass is 9.93. The SMILES string of the molecule is CP(C)(=O)c1cn2c(c(O)c1=O)C(=O)N1CCOC[C@H]1N2C1c2ccccc2SCc2c1ccc(F)c2F. The summed E-state index contributed by atoms with van der Waals surface area (Å²) in [6, 6.07) is 9.29. The Balaban J connectivity index is 1.71. The van der Waals surface area contributed by atoms with Crippen molar-refractivity contribution < 1.29 is 28.0 Å². The average Bonchev–Trinajstić information content (AvgIpc) is 3.05. The van der Waals surface area contributed by atoms with Gasteiger partial charge in [0.15, 0.2) is 23.1 Å². The highest BCUT2D eigenvalue weighted by molar-refractivity contribution is 7.98. The predicted octanol–water partition coefficient (Wildman–Crippen LogP) is 3.23. The van der Waals surface area contributed by atoms with Crippen LogP contribution in [0.4, 0.5) is 8.78 Å². The van der Waals surface area contributed by atoms with Crippen LogP contribution in [0.5, 0.6) is 5.75 Å². The molecule has 3 aliphatic rings. The Morgan fingerprint density at radius 1 is 1.11 bits per heavy atom. The lowest BCUT2D eigenvalue weighted by Crippen LogP contribution is -2.66. The molecule has 1 amide bonds. The minimum atomic E-state index is -3.20. The Labute approximate surface area is 221 Å². The molecule has 38 heavy (non-hydrogen) atoms. The third-order valence-corrected chi connectivity index (χ3v) is 9.82. The Hall–Kier alpha value is -3.14. The van der Waals surface area contributed by atoms with Gasteiger partial charge in [0, 0.05) is 29.0 Å². The van der Waals surface area contributed by atoms with Crippen LogP contribution in [-0.4, -0.2) is 59.8 Å². The first-order valence-electron chi connectivity index (χ1n) is 12.0. The Morgan fingerprint density at radius 3 is 2.63 bits per heavy atom. The van der Waals surface area contributed by atoms with Gasteiger partial charge in [0.05, 0.1) is 24.6 Å². The van der Waals surface area contributed by atoms with Crippen LogP contribution in [-0.2, 0) is 15.1 Å². The smallest absolute Gasteiger partial charge is 0.278 e. The molecule has 1 saturated heterocycles. The fourth-order valence-electron chi connectivity index (χ4n) is 5.41. The number of halogens is 2. The van der Waals surface area contributed by atoms with E-state index in [2.05, 4.69) is 0 Å². The zero-order valence-corrected chi connectivity index (χ0v) is 22.3. The lowest BCUT2D eigenvalue weighted by molar-refractivity contribution is -0.0197. The van der Waals surface area contributed by atoms with E-state index in [0.717, 1.165) is 16.5 Å². The number of thioether (sulfide) groups is 1. The lowest BCUT2D eigenvalue weighted by Gasteiger charge is -2.51. The van der Waals surface area contributed by atoms with E-state index >= 15 is 4.39 Å². The van der Waals surface area contributed by atoms with Gasteiger partial charge in [0.2, 0.25) is 5.43 Å². The molecule has 198 valence electrons. The summed E-state index contributed by atoms with van der Waals surface area (Å²) in [6.45, 7) is 3.36. The van der Waals surface area contributed by atoms with E-state index in [4.69, 9.17) is 4.74 Å². The molecule has 1 fully saturated rings. The van der Waals surface area contributed by atoms with Crippen LogP contribution in [0.1, 0.15) is 33.2 Å². The third kappa shape index (κ3) is 3.71. The number of aromatic nitrogens is 1. The number of aromatic hydroxyl groups is 1. The van der Waals surface area contributed by atoms with E-state index < -0.39 is 48.1 Å². The van der Waals surface area contributed by atoms with Crippen molar-refractivity contribution in [2.45, 2.75) is 22.9 Å². The number of amides is 1. The van der Waals surface area contributed by atoms with Crippen molar-refractivity contribution in [1.82, 2.24) is 9.58 Å². The molecule has 2 atom stereocenters. The molecule has 3 aromatic rings. The number of ether oxygens (including phenoxy) is 1. The summed E-state index contributed by atoms with van der Waals surface area (Å²) in [4.78, 5) is 29.0. The maximum Gasteiger partial charge on any atom is 0.278 e. The fraction of sp³-hybridized carbons (Fsp3) is 0.308. The van der Waals surface area contributed by atoms with Crippen molar-refractivity contribution in [2.75, 3.05) is 38.1 Å². The van der Waals surface area contributed by atoms with Gasteiger partial charge < -0.3 is 19.3 Å². The quantitative estimate of drug-likeness (QED) is 0.482. The van der Waals surface area contributed by atoms with Crippen molar-refractivity contribution in [2.24, 2.45) is 0 Å². The van der Waals surface area contributed by atoms with Crippen molar-refractivity contribution >= 4 is 30.1 Å². The molecule has 1 unspecified atom stereocenters. The van der Waals surface area contributed by atoms with Crippen LogP contribution in [0.25, 0.3) is 0 Å². The first kappa shape index (κ1) is 25.2. The molecule has 8 nitrogen and oxygen atoms in total. The van der Waals surface area contributed by atoms with E-state index in [1.165, 1.54) is 46.9 Å². The molecule has 12 heteroatoms. The van der Waals surface area contributed by atoms with Crippen LogP contribution in [0.3, 0.4) is 0 Å². The summed E-state index contributed by atoms with van der Waals surface area (Å²) in [7, 11) is -3.20. The molecule has 0 radical (unpaired) electrons. The molecule has 1 aromatic heterocycles. The Kier molecular flexibility index (Phi) is 5.93. The Morgan fingerprint density at radius 2 is 1.87 bits per heavy atom. The summed E-state index contributed by atoms with van der Waals surface area (Å²) < 4.78 is 49.9. The number of rotatable bonds is 2. The number of benzene rings is 2. The molecule has 2 aromatic carbocycles. The number of hydrogen-bond acceptors (Lipinski definition) is 7. The maximum atomic E-state index is 15.2. The minimum Gasteiger partial charge on any atom is -0.502 e. The highest BCUT2D eigenvalue weighted by atomic mass is 32.2. The van der Waals surface area contributed by atoms with Crippen LogP contribution < -0.4 is 15.7 Å². The van der Waals surface area contributed by atoms with Gasteiger partial charge >= 0.3 is 0 Å². The van der Waals surface area contributed by atoms with Crippen molar-refractivity contribution in [3.05, 3.63) is 86.8 Å². The topological polar surface area (TPSA) is 92.1 Å². The molecule has 1 N–H and O–H groups in total. The number of pyridine rings is 1. The number of carbonyl (C=O) groups is 1. The van der Waals surface area contributed by atoms with Gasteiger partial charge in [0.1, 0.15) is 13.3 Å². The zero-order chi connectivity index (χ0) is 26.9. The molecular formula is C26H24F2N3O5PS. The van der Waals surface area contributed by atoms with E-state index in [9.17, 15) is 23.7 Å². The number of morpholine rings is 1. The van der Waals surface area contributed by atoms with Gasteiger partial charge in [-0.3, -0.25) is 19.3 Å². The maximum absolute atomic E-state index is 15.2. The molecule has 0 spiro atoms. The normalized spacial score (nSPS) is 20.8. The summed E-state index contributed by atoms with van der Waals surface area (Å²) in [5, 5.41) is 12.6. The molecule has 4 heterocycles. The van der Waals surface area contributed by atoms with Crippen LogP contribution >= 0.6 is 18.9 Å². The van der Waals surface area contributed by atoms with Gasteiger partial charge in [-0.15, -0.1) is 11.8 Å². The van der Waals surface area contributed by atoms with E-state index in [-0.39, 0.29) is 42.1 Å². The second kappa shape index (κ2) is 8.97. The zero-order valence-electron chi connectivity index (χ0n) is 20.6. The largest absolute Gasteiger partial charge is 0.502 e. The fourth-order valence-corrected chi connectivity index (χ4v) is 7.51. The van der Waals surface area contributed by atoms with Gasteiger partial charge in [-0.05, 0) is 36.6 Å². The van der Waals surface area contributed by atoms with Crippen molar-refractivity contribution in [3.63, 3.8) is 0 Å². The summed E-state index contributed by atoms with van der Waals surface area (Å²) in [5.74, 6) is -3.11. The number of carbonyl (C=O) groups excluding carboxylic acids is 1. The molecule has 0 saturated carbocycles. The van der Waals surface area contributed by atoms with E-state index in [0.29, 0.717) is 5.56 Å². The second-order valence-corrected chi connectivity index (χ2v) is 14.0. The van der Waals surface area contributed by atoms with E-state index in [1.807, 2.05) is 24.3 Å². The predicted molar refractivity (Wildman–Crippen MR) is 140 cm³/mol. The average molecular weight is 560 g/mol. The van der Waals surface area contributed by atoms with Gasteiger partial charge in [-0.2, -0.15) is 0 Å².